The van der Waals surface area contributed by atoms with Crippen molar-refractivity contribution in [3.05, 3.63) is 0 Å². The van der Waals surface area contributed by atoms with Crippen molar-refractivity contribution in [2.75, 3.05) is 18.4 Å². The summed E-state index contributed by atoms with van der Waals surface area (Å²) in [6, 6.07) is 0. The van der Waals surface area contributed by atoms with Crippen LogP contribution < -0.4 is 10.6 Å². The highest BCUT2D eigenvalue weighted by Crippen LogP contribution is 2.29. The van der Waals surface area contributed by atoms with Gasteiger partial charge in [0.2, 0.25) is 11.0 Å². The van der Waals surface area contributed by atoms with E-state index in [-0.39, 0.29) is 0 Å². The van der Waals surface area contributed by atoms with E-state index in [0.29, 0.717) is 15.4 Å². The second kappa shape index (κ2) is 7.83. The molecule has 0 bridgehead atoms. The molecule has 1 amide bonds. The van der Waals surface area contributed by atoms with Crippen LogP contribution in [0.3, 0.4) is 0 Å². The van der Waals surface area contributed by atoms with Gasteiger partial charge in [-0.3, -0.25) is 4.79 Å². The van der Waals surface area contributed by atoms with Crippen LogP contribution in [0.2, 0.25) is 0 Å². The number of aromatic nitrogens is 2. The summed E-state index contributed by atoms with van der Waals surface area (Å²) >= 11 is 2.35. The minimum Gasteiger partial charge on any atom is -0.360 e. The van der Waals surface area contributed by atoms with Crippen molar-refractivity contribution in [3.8, 4) is 0 Å². The summed E-state index contributed by atoms with van der Waals surface area (Å²) in [5, 5.41) is 12.7. The van der Waals surface area contributed by atoms with E-state index in [2.05, 4.69) is 29.4 Å². The number of carbonyl (C=O) groups is 1. The minimum atomic E-state index is -4.41. The highest BCUT2D eigenvalue weighted by Gasteiger charge is 2.29. The molecule has 1 aromatic heterocycles. The molecule has 0 aliphatic rings. The molecule has 0 saturated heterocycles. The first-order valence-electron chi connectivity index (χ1n) is 6.26. The summed E-state index contributed by atoms with van der Waals surface area (Å²) in [6.45, 7) is 5.06. The van der Waals surface area contributed by atoms with Crippen LogP contribution >= 0.6 is 23.1 Å². The van der Waals surface area contributed by atoms with Gasteiger partial charge in [0.1, 0.15) is 6.54 Å². The van der Waals surface area contributed by atoms with Crippen molar-refractivity contribution >= 4 is 34.1 Å². The van der Waals surface area contributed by atoms with Gasteiger partial charge in [-0.2, -0.15) is 13.2 Å². The molecule has 0 spiro atoms. The van der Waals surface area contributed by atoms with Gasteiger partial charge in [-0.05, 0) is 12.8 Å². The number of rotatable bonds is 7. The smallest absolute Gasteiger partial charge is 0.360 e. The molecule has 10 heteroatoms. The second-order valence-corrected chi connectivity index (χ2v) is 7.31. The Bertz CT molecular complexity index is 465. The lowest BCUT2D eigenvalue weighted by Gasteiger charge is -2.11. The number of hydrogen-bond donors (Lipinski definition) is 2. The third-order valence-corrected chi connectivity index (χ3v) is 4.24. The molecule has 1 atom stereocenters. The summed E-state index contributed by atoms with van der Waals surface area (Å²) in [5.74, 6) is -0.221. The maximum Gasteiger partial charge on any atom is 0.405 e. The average molecular weight is 342 g/mol. The third-order valence-electron chi connectivity index (χ3n) is 2.18. The minimum absolute atomic E-state index is 0.456. The maximum atomic E-state index is 12.0. The van der Waals surface area contributed by atoms with Crippen LogP contribution in [0.4, 0.5) is 18.3 Å². The van der Waals surface area contributed by atoms with Crippen LogP contribution in [0.25, 0.3) is 0 Å². The van der Waals surface area contributed by atoms with Crippen molar-refractivity contribution < 1.29 is 18.0 Å². The fraction of sp³-hybridized carbons (Fsp3) is 0.727. The summed E-state index contributed by atoms with van der Waals surface area (Å²) < 4.78 is 36.6. The van der Waals surface area contributed by atoms with Crippen molar-refractivity contribution in [1.82, 2.24) is 15.5 Å². The van der Waals surface area contributed by atoms with E-state index < -0.39 is 23.9 Å². The highest BCUT2D eigenvalue weighted by molar-refractivity contribution is 8.02. The Morgan fingerprint density at radius 2 is 2.00 bits per heavy atom. The molecule has 0 fully saturated rings. The van der Waals surface area contributed by atoms with E-state index in [4.69, 9.17) is 0 Å². The molecule has 5 nitrogen and oxygen atoms in total. The van der Waals surface area contributed by atoms with Crippen LogP contribution in [0, 0.1) is 5.92 Å². The van der Waals surface area contributed by atoms with E-state index >= 15 is 0 Å². The summed E-state index contributed by atoms with van der Waals surface area (Å²) in [5.41, 5.74) is 0. The van der Waals surface area contributed by atoms with Crippen LogP contribution in [-0.4, -0.2) is 40.6 Å². The molecule has 1 rings (SSSR count). The number of nitrogens with zero attached hydrogens (tertiary/aromatic N) is 2. The van der Waals surface area contributed by atoms with Crippen molar-refractivity contribution in [1.29, 1.82) is 0 Å². The first-order valence-corrected chi connectivity index (χ1v) is 7.95. The molecular formula is C11H17F3N4OS2. The predicted octanol–water partition coefficient (Wildman–Crippen LogP) is 2.77. The SMILES string of the molecule is CC(C)CNc1nnc(SC(C)C(=O)NCC(F)(F)F)s1. The Labute approximate surface area is 129 Å². The van der Waals surface area contributed by atoms with Crippen LogP contribution in [-0.2, 0) is 4.79 Å². The molecule has 0 aliphatic heterocycles. The molecule has 21 heavy (non-hydrogen) atoms. The Hall–Kier alpha value is -1.03. The Morgan fingerprint density at radius 3 is 2.57 bits per heavy atom. The van der Waals surface area contributed by atoms with Crippen LogP contribution in [0.15, 0.2) is 4.34 Å². The van der Waals surface area contributed by atoms with Gasteiger partial charge in [-0.25, -0.2) is 0 Å². The van der Waals surface area contributed by atoms with Crippen LogP contribution in [0.5, 0.6) is 0 Å². The lowest BCUT2D eigenvalue weighted by atomic mass is 10.2. The molecule has 0 aromatic carbocycles. The number of hydrogen-bond acceptors (Lipinski definition) is 6. The van der Waals surface area contributed by atoms with Gasteiger partial charge in [0.25, 0.3) is 0 Å². The Kier molecular flexibility index (Phi) is 6.72. The number of nitrogens with one attached hydrogen (secondary N) is 2. The topological polar surface area (TPSA) is 66.9 Å². The molecule has 0 aliphatic carbocycles. The Morgan fingerprint density at radius 1 is 1.33 bits per heavy atom. The number of alkyl halides is 3. The third kappa shape index (κ3) is 7.51. The number of carbonyl (C=O) groups excluding carboxylic acids is 1. The molecule has 120 valence electrons. The van der Waals surface area contributed by atoms with E-state index in [1.165, 1.54) is 18.3 Å². The zero-order valence-corrected chi connectivity index (χ0v) is 13.5. The molecule has 0 saturated carbocycles. The van der Waals surface area contributed by atoms with Crippen molar-refractivity contribution in [2.24, 2.45) is 5.92 Å². The average Bonchev–Trinajstić information content (AvgIpc) is 2.80. The predicted molar refractivity (Wildman–Crippen MR) is 77.6 cm³/mol. The lowest BCUT2D eigenvalue weighted by molar-refractivity contribution is -0.137. The van der Waals surface area contributed by atoms with Gasteiger partial charge in [-0.1, -0.05) is 36.9 Å². The van der Waals surface area contributed by atoms with E-state index in [1.54, 1.807) is 0 Å². The fourth-order valence-corrected chi connectivity index (χ4v) is 3.08. The maximum absolute atomic E-state index is 12.0. The van der Waals surface area contributed by atoms with Gasteiger partial charge in [0, 0.05) is 6.54 Å². The zero-order valence-electron chi connectivity index (χ0n) is 11.8. The van der Waals surface area contributed by atoms with Gasteiger partial charge in [0.15, 0.2) is 4.34 Å². The zero-order chi connectivity index (χ0) is 16.0. The van der Waals surface area contributed by atoms with E-state index in [1.807, 2.05) is 5.32 Å². The Balaban J connectivity index is 2.43. The fourth-order valence-electron chi connectivity index (χ4n) is 1.16. The van der Waals surface area contributed by atoms with Crippen molar-refractivity contribution in [3.63, 3.8) is 0 Å². The highest BCUT2D eigenvalue weighted by atomic mass is 32.2. The first-order chi connectivity index (χ1) is 9.67. The number of thioether (sulfide) groups is 1. The van der Waals surface area contributed by atoms with Crippen LogP contribution in [0.1, 0.15) is 20.8 Å². The second-order valence-electron chi connectivity index (χ2n) is 4.74. The summed E-state index contributed by atoms with van der Waals surface area (Å²) in [6.07, 6.45) is -4.41. The molecule has 1 unspecified atom stereocenters. The normalized spacial score (nSPS) is 13.3. The molecule has 0 radical (unpaired) electrons. The summed E-state index contributed by atoms with van der Waals surface area (Å²) in [4.78, 5) is 11.5. The van der Waals surface area contributed by atoms with E-state index in [9.17, 15) is 18.0 Å². The monoisotopic (exact) mass is 342 g/mol. The molecule has 1 heterocycles. The van der Waals surface area contributed by atoms with Gasteiger partial charge in [0.05, 0.1) is 5.25 Å². The molecule has 1 aromatic rings. The quantitative estimate of drug-likeness (QED) is 0.746. The van der Waals surface area contributed by atoms with Gasteiger partial charge in [-0.15, -0.1) is 10.2 Å². The number of anilines is 1. The van der Waals surface area contributed by atoms with E-state index in [0.717, 1.165) is 18.3 Å². The summed E-state index contributed by atoms with van der Waals surface area (Å²) in [7, 11) is 0. The lowest BCUT2D eigenvalue weighted by Crippen LogP contribution is -2.37. The number of halogens is 3. The van der Waals surface area contributed by atoms with Gasteiger partial charge < -0.3 is 10.6 Å². The first kappa shape index (κ1) is 18.0. The van der Waals surface area contributed by atoms with Gasteiger partial charge >= 0.3 is 6.18 Å². The van der Waals surface area contributed by atoms with Crippen molar-refractivity contribution in [2.45, 2.75) is 36.5 Å². The standard InChI is InChI=1S/C11H17F3N4OS2/c1-6(2)4-15-9-17-18-10(21-9)20-7(3)8(19)16-5-11(12,13)14/h6-7H,4-5H2,1-3H3,(H,15,17)(H,16,19). The molecular weight excluding hydrogens is 325 g/mol. The largest absolute Gasteiger partial charge is 0.405 e. The molecule has 2 N–H and O–H groups in total. The number of amides is 1.